The van der Waals surface area contributed by atoms with Gasteiger partial charge in [0, 0.05) is 15.7 Å². The summed E-state index contributed by atoms with van der Waals surface area (Å²) in [6.45, 7) is 4.17. The summed E-state index contributed by atoms with van der Waals surface area (Å²) in [6.07, 6.45) is 0. The number of rotatable bonds is 2. The van der Waals surface area contributed by atoms with Gasteiger partial charge in [-0.25, -0.2) is 0 Å². The molecule has 0 fully saturated rings. The molecule has 0 aliphatic heterocycles. The Hall–Kier alpha value is -1.19. The fraction of sp³-hybridized carbons (Fsp3) is 0.133. The maximum Gasteiger partial charge on any atom is 0.111 e. The van der Waals surface area contributed by atoms with Crippen LogP contribution in [0.25, 0.3) is 0 Å². The predicted octanol–water partition coefficient (Wildman–Crippen LogP) is 4.85. The van der Waals surface area contributed by atoms with Gasteiger partial charge in [-0.3, -0.25) is 0 Å². The summed E-state index contributed by atoms with van der Waals surface area (Å²) in [5.41, 5.74) is 4.53. The first-order valence-electron chi connectivity index (χ1n) is 5.71. The van der Waals surface area contributed by atoms with E-state index in [4.69, 9.17) is 12.2 Å². The van der Waals surface area contributed by atoms with Crippen LogP contribution >= 0.6 is 28.1 Å². The molecule has 0 aliphatic rings. The Bertz CT molecular complexity index is 555. The Morgan fingerprint density at radius 1 is 1.00 bits per heavy atom. The maximum absolute atomic E-state index is 5.44. The minimum atomic E-state index is 0.750. The molecule has 0 bridgehead atoms. The van der Waals surface area contributed by atoms with Gasteiger partial charge >= 0.3 is 0 Å². The van der Waals surface area contributed by atoms with Gasteiger partial charge in [0.2, 0.25) is 0 Å². The SMILES string of the molecule is Cc1cccc(C)c1NC(=S)c1ccc(Br)cc1. The molecule has 0 heterocycles. The molecular formula is C15H14BrNS. The van der Waals surface area contributed by atoms with Crippen LogP contribution in [0, 0.1) is 13.8 Å². The first kappa shape index (κ1) is 13.2. The van der Waals surface area contributed by atoms with Gasteiger partial charge in [0.15, 0.2) is 0 Å². The molecule has 0 amide bonds. The highest BCUT2D eigenvalue weighted by molar-refractivity contribution is 9.10. The number of halogens is 1. The van der Waals surface area contributed by atoms with Crippen molar-refractivity contribution in [2.45, 2.75) is 13.8 Å². The van der Waals surface area contributed by atoms with E-state index < -0.39 is 0 Å². The topological polar surface area (TPSA) is 12.0 Å². The Kier molecular flexibility index (Phi) is 4.15. The smallest absolute Gasteiger partial charge is 0.111 e. The normalized spacial score (nSPS) is 10.2. The molecule has 0 saturated heterocycles. The number of hydrogen-bond acceptors (Lipinski definition) is 1. The zero-order chi connectivity index (χ0) is 13.1. The molecule has 3 heteroatoms. The fourth-order valence-electron chi connectivity index (χ4n) is 1.80. The van der Waals surface area contributed by atoms with Gasteiger partial charge in [-0.2, -0.15) is 0 Å². The van der Waals surface area contributed by atoms with Crippen LogP contribution in [0.4, 0.5) is 5.69 Å². The van der Waals surface area contributed by atoms with Crippen LogP contribution in [-0.4, -0.2) is 4.99 Å². The van der Waals surface area contributed by atoms with E-state index in [1.54, 1.807) is 0 Å². The molecule has 2 rings (SSSR count). The average molecular weight is 320 g/mol. The minimum Gasteiger partial charge on any atom is -0.346 e. The summed E-state index contributed by atoms with van der Waals surface area (Å²) in [5.74, 6) is 0. The lowest BCUT2D eigenvalue weighted by atomic mass is 10.1. The van der Waals surface area contributed by atoms with Crippen LogP contribution < -0.4 is 5.32 Å². The van der Waals surface area contributed by atoms with E-state index in [-0.39, 0.29) is 0 Å². The molecule has 2 aromatic rings. The molecule has 18 heavy (non-hydrogen) atoms. The highest BCUT2D eigenvalue weighted by Gasteiger charge is 2.06. The number of para-hydroxylation sites is 1. The van der Waals surface area contributed by atoms with Gasteiger partial charge in [0.1, 0.15) is 4.99 Å². The number of aryl methyl sites for hydroxylation is 2. The quantitative estimate of drug-likeness (QED) is 0.794. The molecule has 2 aromatic carbocycles. The van der Waals surface area contributed by atoms with Crippen molar-refractivity contribution in [3.63, 3.8) is 0 Å². The molecule has 0 spiro atoms. The Morgan fingerprint density at radius 3 is 2.11 bits per heavy atom. The van der Waals surface area contributed by atoms with Gasteiger partial charge < -0.3 is 5.32 Å². The van der Waals surface area contributed by atoms with Crippen molar-refractivity contribution in [1.82, 2.24) is 0 Å². The van der Waals surface area contributed by atoms with Crippen molar-refractivity contribution in [1.29, 1.82) is 0 Å². The molecule has 0 radical (unpaired) electrons. The van der Waals surface area contributed by atoms with Gasteiger partial charge in [-0.15, -0.1) is 0 Å². The molecule has 0 atom stereocenters. The Labute approximate surface area is 121 Å². The van der Waals surface area contributed by atoms with Crippen molar-refractivity contribution in [3.05, 3.63) is 63.6 Å². The highest BCUT2D eigenvalue weighted by Crippen LogP contribution is 2.21. The predicted molar refractivity (Wildman–Crippen MR) is 85.4 cm³/mol. The summed E-state index contributed by atoms with van der Waals surface area (Å²) in [4.78, 5) is 0.750. The zero-order valence-corrected chi connectivity index (χ0v) is 12.7. The van der Waals surface area contributed by atoms with E-state index in [0.717, 1.165) is 20.7 Å². The van der Waals surface area contributed by atoms with Crippen LogP contribution in [0.15, 0.2) is 46.9 Å². The van der Waals surface area contributed by atoms with Crippen molar-refractivity contribution in [2.24, 2.45) is 0 Å². The highest BCUT2D eigenvalue weighted by atomic mass is 79.9. The molecule has 92 valence electrons. The van der Waals surface area contributed by atoms with Crippen molar-refractivity contribution in [3.8, 4) is 0 Å². The summed E-state index contributed by atoms with van der Waals surface area (Å²) < 4.78 is 1.06. The van der Waals surface area contributed by atoms with Gasteiger partial charge in [-0.1, -0.05) is 58.5 Å². The standard InChI is InChI=1S/C15H14BrNS/c1-10-4-3-5-11(2)14(10)17-15(18)12-6-8-13(16)9-7-12/h3-9H,1-2H3,(H,17,18). The first-order chi connectivity index (χ1) is 8.58. The first-order valence-corrected chi connectivity index (χ1v) is 6.91. The number of benzene rings is 2. The maximum atomic E-state index is 5.44. The van der Waals surface area contributed by atoms with Gasteiger partial charge in [0.05, 0.1) is 0 Å². The molecule has 0 aliphatic carbocycles. The number of thiocarbonyl (C=S) groups is 1. The van der Waals surface area contributed by atoms with Crippen LogP contribution in [0.1, 0.15) is 16.7 Å². The van der Waals surface area contributed by atoms with Gasteiger partial charge in [-0.05, 0) is 37.1 Å². The van der Waals surface area contributed by atoms with E-state index in [1.165, 1.54) is 11.1 Å². The van der Waals surface area contributed by atoms with E-state index in [1.807, 2.05) is 24.3 Å². The van der Waals surface area contributed by atoms with Crippen molar-refractivity contribution < 1.29 is 0 Å². The monoisotopic (exact) mass is 319 g/mol. The molecule has 0 aromatic heterocycles. The Balaban J connectivity index is 2.24. The zero-order valence-electron chi connectivity index (χ0n) is 10.3. The Morgan fingerprint density at radius 2 is 1.56 bits per heavy atom. The lowest BCUT2D eigenvalue weighted by Gasteiger charge is -2.13. The van der Waals surface area contributed by atoms with E-state index in [9.17, 15) is 0 Å². The van der Waals surface area contributed by atoms with Crippen LogP contribution in [0.5, 0.6) is 0 Å². The second-order valence-corrected chi connectivity index (χ2v) is 5.55. The van der Waals surface area contributed by atoms with Gasteiger partial charge in [0.25, 0.3) is 0 Å². The minimum absolute atomic E-state index is 0.750. The summed E-state index contributed by atoms with van der Waals surface area (Å²) in [6, 6.07) is 14.2. The van der Waals surface area contributed by atoms with Crippen LogP contribution in [0.2, 0.25) is 0 Å². The molecule has 0 saturated carbocycles. The number of hydrogen-bond donors (Lipinski definition) is 1. The van der Waals surface area contributed by atoms with E-state index in [2.05, 4.69) is 53.3 Å². The largest absolute Gasteiger partial charge is 0.346 e. The van der Waals surface area contributed by atoms with E-state index >= 15 is 0 Å². The van der Waals surface area contributed by atoms with Crippen molar-refractivity contribution in [2.75, 3.05) is 5.32 Å². The number of nitrogens with one attached hydrogen (secondary N) is 1. The lowest BCUT2D eigenvalue weighted by Crippen LogP contribution is -2.12. The van der Waals surface area contributed by atoms with E-state index in [0.29, 0.717) is 0 Å². The molecular weight excluding hydrogens is 306 g/mol. The fourth-order valence-corrected chi connectivity index (χ4v) is 2.30. The average Bonchev–Trinajstić information content (AvgIpc) is 2.34. The van der Waals surface area contributed by atoms with Crippen LogP contribution in [-0.2, 0) is 0 Å². The molecule has 0 unspecified atom stereocenters. The lowest BCUT2D eigenvalue weighted by molar-refractivity contribution is 1.38. The molecule has 1 nitrogen and oxygen atoms in total. The van der Waals surface area contributed by atoms with Crippen molar-refractivity contribution >= 4 is 38.8 Å². The third-order valence-corrected chi connectivity index (χ3v) is 3.69. The number of anilines is 1. The summed E-state index contributed by atoms with van der Waals surface area (Å²) >= 11 is 8.86. The second kappa shape index (κ2) is 5.63. The second-order valence-electron chi connectivity index (χ2n) is 4.23. The summed E-state index contributed by atoms with van der Waals surface area (Å²) in [5, 5.41) is 3.33. The third-order valence-electron chi connectivity index (χ3n) is 2.83. The summed E-state index contributed by atoms with van der Waals surface area (Å²) in [7, 11) is 0. The third kappa shape index (κ3) is 2.98. The molecule has 1 N–H and O–H groups in total. The van der Waals surface area contributed by atoms with Crippen LogP contribution in [0.3, 0.4) is 0 Å².